The quantitative estimate of drug-likeness (QED) is 0.947. The van der Waals surface area contributed by atoms with Gasteiger partial charge in [-0.1, -0.05) is 6.07 Å². The van der Waals surface area contributed by atoms with Gasteiger partial charge in [-0.15, -0.1) is 0 Å². The van der Waals surface area contributed by atoms with E-state index in [-0.39, 0.29) is 5.91 Å². The minimum absolute atomic E-state index is 0.290. The number of aryl methyl sites for hydroxylation is 1. The van der Waals surface area contributed by atoms with Crippen LogP contribution in [0.3, 0.4) is 0 Å². The summed E-state index contributed by atoms with van der Waals surface area (Å²) in [5, 5.41) is 2.66. The number of hydrogen-bond donors (Lipinski definition) is 1. The van der Waals surface area contributed by atoms with Crippen LogP contribution in [-0.4, -0.2) is 29.0 Å². The molecular formula is C16H17FN4O. The molecule has 114 valence electrons. The number of benzene rings is 1. The molecule has 2 aromatic rings. The van der Waals surface area contributed by atoms with E-state index < -0.39 is 5.82 Å². The molecule has 5 nitrogen and oxygen atoms in total. The Bertz CT molecular complexity index is 698. The summed E-state index contributed by atoms with van der Waals surface area (Å²) in [6.45, 7) is 3.66. The third-order valence-electron chi connectivity index (χ3n) is 3.55. The second-order valence-corrected chi connectivity index (χ2v) is 5.35. The predicted octanol–water partition coefficient (Wildman–Crippen LogP) is 2.78. The highest BCUT2D eigenvalue weighted by Gasteiger charge is 2.18. The van der Waals surface area contributed by atoms with Gasteiger partial charge < -0.3 is 10.2 Å². The second kappa shape index (κ2) is 6.09. The molecule has 0 atom stereocenters. The Hall–Kier alpha value is -2.50. The van der Waals surface area contributed by atoms with Crippen LogP contribution in [-0.2, 0) is 0 Å². The third-order valence-corrected chi connectivity index (χ3v) is 3.55. The van der Waals surface area contributed by atoms with Gasteiger partial charge in [0.1, 0.15) is 11.5 Å². The van der Waals surface area contributed by atoms with Crippen molar-refractivity contribution in [2.45, 2.75) is 19.8 Å². The van der Waals surface area contributed by atoms with E-state index in [1.807, 2.05) is 6.92 Å². The maximum absolute atomic E-state index is 13.2. The fourth-order valence-electron chi connectivity index (χ4n) is 2.49. The smallest absolute Gasteiger partial charge is 0.274 e. The predicted molar refractivity (Wildman–Crippen MR) is 82.6 cm³/mol. The van der Waals surface area contributed by atoms with Gasteiger partial charge in [0.15, 0.2) is 0 Å². The molecule has 0 radical (unpaired) electrons. The average Bonchev–Trinajstić information content (AvgIpc) is 3.01. The van der Waals surface area contributed by atoms with Crippen LogP contribution < -0.4 is 10.2 Å². The number of anilines is 2. The minimum atomic E-state index is -0.394. The topological polar surface area (TPSA) is 58.1 Å². The van der Waals surface area contributed by atoms with Crippen molar-refractivity contribution in [2.75, 3.05) is 23.3 Å². The van der Waals surface area contributed by atoms with Crippen LogP contribution in [0.25, 0.3) is 0 Å². The number of amides is 1. The summed E-state index contributed by atoms with van der Waals surface area (Å²) in [6.07, 6.45) is 2.23. The monoisotopic (exact) mass is 300 g/mol. The van der Waals surface area contributed by atoms with Crippen molar-refractivity contribution >= 4 is 17.5 Å². The zero-order valence-electron chi connectivity index (χ0n) is 12.3. The minimum Gasteiger partial charge on any atom is -0.341 e. The number of carbonyl (C=O) groups is 1. The summed E-state index contributed by atoms with van der Waals surface area (Å²) in [5.74, 6) is -0.173. The van der Waals surface area contributed by atoms with Crippen LogP contribution in [0.15, 0.2) is 30.3 Å². The molecular weight excluding hydrogens is 283 g/mol. The van der Waals surface area contributed by atoms with Gasteiger partial charge in [0, 0.05) is 24.5 Å². The molecule has 1 amide bonds. The third kappa shape index (κ3) is 3.21. The van der Waals surface area contributed by atoms with Crippen molar-refractivity contribution in [2.24, 2.45) is 0 Å². The molecule has 0 saturated carbocycles. The standard InChI is InChI=1S/C16H17FN4O/c1-11-9-14(20-16(18-11)21-7-2-3-8-21)15(22)19-13-6-4-5-12(17)10-13/h4-6,9-10H,2-3,7-8H2,1H3,(H,19,22). The number of aromatic nitrogens is 2. The first-order chi connectivity index (χ1) is 10.6. The molecule has 1 saturated heterocycles. The molecule has 1 aromatic carbocycles. The second-order valence-electron chi connectivity index (χ2n) is 5.35. The summed E-state index contributed by atoms with van der Waals surface area (Å²) in [7, 11) is 0. The van der Waals surface area contributed by atoms with Gasteiger partial charge >= 0.3 is 0 Å². The first-order valence-corrected chi connectivity index (χ1v) is 7.29. The normalized spacial score (nSPS) is 14.2. The Kier molecular flexibility index (Phi) is 4.00. The number of hydrogen-bond acceptors (Lipinski definition) is 4. The van der Waals surface area contributed by atoms with Crippen molar-refractivity contribution < 1.29 is 9.18 Å². The van der Waals surface area contributed by atoms with Crippen LogP contribution in [0.2, 0.25) is 0 Å². The Morgan fingerprint density at radius 1 is 1.23 bits per heavy atom. The van der Waals surface area contributed by atoms with E-state index in [4.69, 9.17) is 0 Å². The highest BCUT2D eigenvalue weighted by atomic mass is 19.1. The first kappa shape index (κ1) is 14.4. The van der Waals surface area contributed by atoms with Crippen molar-refractivity contribution in [1.29, 1.82) is 0 Å². The number of rotatable bonds is 3. The van der Waals surface area contributed by atoms with Crippen molar-refractivity contribution in [3.63, 3.8) is 0 Å². The molecule has 0 aliphatic carbocycles. The van der Waals surface area contributed by atoms with Crippen LogP contribution in [0, 0.1) is 12.7 Å². The Labute approximate surface area is 128 Å². The van der Waals surface area contributed by atoms with Gasteiger partial charge in [-0.25, -0.2) is 14.4 Å². The summed E-state index contributed by atoms with van der Waals surface area (Å²) in [4.78, 5) is 23.1. The molecule has 0 unspecified atom stereocenters. The summed E-state index contributed by atoms with van der Waals surface area (Å²) < 4.78 is 13.2. The number of nitrogens with one attached hydrogen (secondary N) is 1. The summed E-state index contributed by atoms with van der Waals surface area (Å²) in [6, 6.07) is 7.42. The molecule has 0 bridgehead atoms. The highest BCUT2D eigenvalue weighted by Crippen LogP contribution is 2.17. The fourth-order valence-corrected chi connectivity index (χ4v) is 2.49. The molecule has 2 heterocycles. The number of halogens is 1. The van der Waals surface area contributed by atoms with Gasteiger partial charge in [-0.05, 0) is 44.0 Å². The average molecular weight is 300 g/mol. The SMILES string of the molecule is Cc1cc(C(=O)Nc2cccc(F)c2)nc(N2CCCC2)n1. The molecule has 6 heteroatoms. The molecule has 1 aliphatic rings. The highest BCUT2D eigenvalue weighted by molar-refractivity contribution is 6.03. The Morgan fingerprint density at radius 2 is 2.00 bits per heavy atom. The van der Waals surface area contributed by atoms with Gasteiger partial charge in [-0.3, -0.25) is 4.79 Å². The van der Waals surface area contributed by atoms with E-state index in [2.05, 4.69) is 20.2 Å². The first-order valence-electron chi connectivity index (χ1n) is 7.29. The molecule has 22 heavy (non-hydrogen) atoms. The molecule has 3 rings (SSSR count). The molecule has 1 aromatic heterocycles. The van der Waals surface area contributed by atoms with Crippen molar-refractivity contribution in [1.82, 2.24) is 9.97 Å². The van der Waals surface area contributed by atoms with Crippen LogP contribution in [0.4, 0.5) is 16.0 Å². The van der Waals surface area contributed by atoms with Crippen molar-refractivity contribution in [3.05, 3.63) is 47.5 Å². The molecule has 1 fully saturated rings. The van der Waals surface area contributed by atoms with E-state index in [1.54, 1.807) is 18.2 Å². The van der Waals surface area contributed by atoms with E-state index >= 15 is 0 Å². The van der Waals surface area contributed by atoms with Gasteiger partial charge in [0.05, 0.1) is 0 Å². The van der Waals surface area contributed by atoms with Gasteiger partial charge in [0.2, 0.25) is 5.95 Å². The van der Waals surface area contributed by atoms with Crippen LogP contribution in [0.1, 0.15) is 29.0 Å². The van der Waals surface area contributed by atoms with Gasteiger partial charge in [-0.2, -0.15) is 0 Å². The largest absolute Gasteiger partial charge is 0.341 e. The lowest BCUT2D eigenvalue weighted by Gasteiger charge is -2.16. The number of carbonyl (C=O) groups excluding carboxylic acids is 1. The van der Waals surface area contributed by atoms with Gasteiger partial charge in [0.25, 0.3) is 5.91 Å². The lowest BCUT2D eigenvalue weighted by atomic mass is 10.2. The van der Waals surface area contributed by atoms with E-state index in [0.717, 1.165) is 31.6 Å². The Morgan fingerprint density at radius 3 is 2.73 bits per heavy atom. The molecule has 1 aliphatic heterocycles. The lowest BCUT2D eigenvalue weighted by molar-refractivity contribution is 0.102. The Balaban J connectivity index is 1.82. The van der Waals surface area contributed by atoms with E-state index in [1.165, 1.54) is 12.1 Å². The summed E-state index contributed by atoms with van der Waals surface area (Å²) in [5.41, 5.74) is 1.43. The maximum Gasteiger partial charge on any atom is 0.274 e. The summed E-state index contributed by atoms with van der Waals surface area (Å²) >= 11 is 0. The van der Waals surface area contributed by atoms with E-state index in [0.29, 0.717) is 17.3 Å². The lowest BCUT2D eigenvalue weighted by Crippen LogP contribution is -2.23. The number of nitrogens with zero attached hydrogens (tertiary/aromatic N) is 3. The van der Waals surface area contributed by atoms with Crippen LogP contribution in [0.5, 0.6) is 0 Å². The molecule has 1 N–H and O–H groups in total. The van der Waals surface area contributed by atoms with E-state index in [9.17, 15) is 9.18 Å². The maximum atomic E-state index is 13.2. The van der Waals surface area contributed by atoms with Crippen molar-refractivity contribution in [3.8, 4) is 0 Å². The zero-order valence-corrected chi connectivity index (χ0v) is 12.3. The molecule has 0 spiro atoms. The zero-order chi connectivity index (χ0) is 15.5. The fraction of sp³-hybridized carbons (Fsp3) is 0.312. The van der Waals surface area contributed by atoms with Crippen LogP contribution >= 0.6 is 0 Å².